The van der Waals surface area contributed by atoms with E-state index in [1.54, 1.807) is 18.2 Å². The molecule has 1 heterocycles. The van der Waals surface area contributed by atoms with E-state index < -0.39 is 17.9 Å². The maximum atomic E-state index is 11.9. The van der Waals surface area contributed by atoms with Gasteiger partial charge in [0.15, 0.2) is 0 Å². The standard InChI is InChI=1S/C13H12N2O3/c1-8(13(17)18)15-12(16)11-10-5-3-2-4-9(10)6-7-14-11/h2-8H,1H3,(H,15,16)(H,17,18). The molecule has 1 amide bonds. The van der Waals surface area contributed by atoms with Crippen LogP contribution in [0.1, 0.15) is 17.4 Å². The van der Waals surface area contributed by atoms with E-state index in [4.69, 9.17) is 5.11 Å². The van der Waals surface area contributed by atoms with Crippen LogP contribution in [0.25, 0.3) is 10.8 Å². The van der Waals surface area contributed by atoms with E-state index in [1.165, 1.54) is 13.1 Å². The van der Waals surface area contributed by atoms with Crippen LogP contribution in [-0.4, -0.2) is 28.0 Å². The second-order valence-corrected chi connectivity index (χ2v) is 3.91. The molecule has 0 radical (unpaired) electrons. The predicted octanol–water partition coefficient (Wildman–Crippen LogP) is 1.44. The van der Waals surface area contributed by atoms with Gasteiger partial charge in [-0.15, -0.1) is 0 Å². The number of aromatic nitrogens is 1. The summed E-state index contributed by atoms with van der Waals surface area (Å²) in [5.41, 5.74) is 0.237. The molecule has 0 bridgehead atoms. The van der Waals surface area contributed by atoms with E-state index in [1.807, 2.05) is 12.1 Å². The zero-order valence-electron chi connectivity index (χ0n) is 9.75. The highest BCUT2D eigenvalue weighted by atomic mass is 16.4. The van der Waals surface area contributed by atoms with Crippen LogP contribution in [0.5, 0.6) is 0 Å². The van der Waals surface area contributed by atoms with Crippen LogP contribution >= 0.6 is 0 Å². The minimum Gasteiger partial charge on any atom is -0.480 e. The number of hydrogen-bond donors (Lipinski definition) is 2. The number of carboxylic acid groups (broad SMARTS) is 1. The predicted molar refractivity (Wildman–Crippen MR) is 66.3 cm³/mol. The third-order valence-corrected chi connectivity index (χ3v) is 2.61. The fraction of sp³-hybridized carbons (Fsp3) is 0.154. The van der Waals surface area contributed by atoms with Crippen LogP contribution in [0.4, 0.5) is 0 Å². The summed E-state index contributed by atoms with van der Waals surface area (Å²) in [5.74, 6) is -1.56. The number of benzene rings is 1. The molecule has 2 rings (SSSR count). The summed E-state index contributed by atoms with van der Waals surface area (Å²) < 4.78 is 0. The molecule has 5 nitrogen and oxygen atoms in total. The van der Waals surface area contributed by atoms with Gasteiger partial charge in [0.1, 0.15) is 11.7 Å². The number of pyridine rings is 1. The molecular formula is C13H12N2O3. The first-order chi connectivity index (χ1) is 8.59. The van der Waals surface area contributed by atoms with Crippen LogP contribution in [-0.2, 0) is 4.79 Å². The topological polar surface area (TPSA) is 79.3 Å². The molecule has 18 heavy (non-hydrogen) atoms. The molecule has 0 spiro atoms. The lowest BCUT2D eigenvalue weighted by atomic mass is 10.1. The molecule has 1 atom stereocenters. The average molecular weight is 244 g/mol. The normalized spacial score (nSPS) is 12.1. The Morgan fingerprint density at radius 2 is 2.00 bits per heavy atom. The van der Waals surface area contributed by atoms with Crippen molar-refractivity contribution in [1.82, 2.24) is 10.3 Å². The third-order valence-electron chi connectivity index (χ3n) is 2.61. The number of carbonyl (C=O) groups excluding carboxylic acids is 1. The summed E-state index contributed by atoms with van der Waals surface area (Å²) in [4.78, 5) is 26.6. The van der Waals surface area contributed by atoms with Crippen molar-refractivity contribution >= 4 is 22.6 Å². The Morgan fingerprint density at radius 1 is 1.28 bits per heavy atom. The zero-order chi connectivity index (χ0) is 13.1. The van der Waals surface area contributed by atoms with E-state index in [0.29, 0.717) is 5.39 Å². The molecule has 0 aliphatic carbocycles. The SMILES string of the molecule is CC(NC(=O)c1nccc2ccccc12)C(=O)O. The van der Waals surface area contributed by atoms with Gasteiger partial charge in [-0.05, 0) is 18.4 Å². The molecule has 92 valence electrons. The lowest BCUT2D eigenvalue weighted by Gasteiger charge is -2.10. The van der Waals surface area contributed by atoms with Crippen molar-refractivity contribution in [2.75, 3.05) is 0 Å². The van der Waals surface area contributed by atoms with Crippen molar-refractivity contribution in [1.29, 1.82) is 0 Å². The summed E-state index contributed by atoms with van der Waals surface area (Å²) in [7, 11) is 0. The van der Waals surface area contributed by atoms with Gasteiger partial charge in [-0.3, -0.25) is 14.6 Å². The van der Waals surface area contributed by atoms with E-state index in [-0.39, 0.29) is 5.69 Å². The molecular weight excluding hydrogens is 232 g/mol. The quantitative estimate of drug-likeness (QED) is 0.856. The summed E-state index contributed by atoms with van der Waals surface area (Å²) >= 11 is 0. The number of nitrogens with one attached hydrogen (secondary N) is 1. The summed E-state index contributed by atoms with van der Waals surface area (Å²) in [6, 6.07) is 8.17. The number of aliphatic carboxylic acids is 1. The maximum Gasteiger partial charge on any atom is 0.325 e. The van der Waals surface area contributed by atoms with Crippen LogP contribution in [0.3, 0.4) is 0 Å². The number of amides is 1. The van der Waals surface area contributed by atoms with Crippen LogP contribution in [0.15, 0.2) is 36.5 Å². The second kappa shape index (κ2) is 4.83. The molecule has 2 aromatic rings. The van der Waals surface area contributed by atoms with E-state index in [0.717, 1.165) is 5.39 Å². The van der Waals surface area contributed by atoms with Crippen molar-refractivity contribution in [2.24, 2.45) is 0 Å². The molecule has 1 aromatic carbocycles. The monoisotopic (exact) mass is 244 g/mol. The van der Waals surface area contributed by atoms with Gasteiger partial charge in [-0.1, -0.05) is 24.3 Å². The molecule has 5 heteroatoms. The molecule has 0 aliphatic heterocycles. The van der Waals surface area contributed by atoms with Gasteiger partial charge in [-0.25, -0.2) is 0 Å². The van der Waals surface area contributed by atoms with Gasteiger partial charge in [0.25, 0.3) is 5.91 Å². The van der Waals surface area contributed by atoms with Crippen LogP contribution in [0, 0.1) is 0 Å². The Labute approximate surface area is 103 Å². The Hall–Kier alpha value is -2.43. The first-order valence-corrected chi connectivity index (χ1v) is 5.47. The van der Waals surface area contributed by atoms with Gasteiger partial charge in [0.2, 0.25) is 0 Å². The first kappa shape index (κ1) is 12.0. The Morgan fingerprint density at radius 3 is 2.72 bits per heavy atom. The number of rotatable bonds is 3. The van der Waals surface area contributed by atoms with E-state index in [2.05, 4.69) is 10.3 Å². The fourth-order valence-corrected chi connectivity index (χ4v) is 1.63. The molecule has 0 saturated heterocycles. The van der Waals surface area contributed by atoms with Crippen molar-refractivity contribution in [3.63, 3.8) is 0 Å². The first-order valence-electron chi connectivity index (χ1n) is 5.47. The van der Waals surface area contributed by atoms with E-state index in [9.17, 15) is 9.59 Å². The van der Waals surface area contributed by atoms with Crippen molar-refractivity contribution < 1.29 is 14.7 Å². The largest absolute Gasteiger partial charge is 0.480 e. The number of nitrogens with zero attached hydrogens (tertiary/aromatic N) is 1. The second-order valence-electron chi connectivity index (χ2n) is 3.91. The lowest BCUT2D eigenvalue weighted by molar-refractivity contribution is -0.138. The highest BCUT2D eigenvalue weighted by Gasteiger charge is 2.17. The Bertz CT molecular complexity index is 605. The summed E-state index contributed by atoms with van der Waals surface area (Å²) in [5, 5.41) is 12.7. The summed E-state index contributed by atoms with van der Waals surface area (Å²) in [6.45, 7) is 1.41. The molecule has 1 aromatic heterocycles. The highest BCUT2D eigenvalue weighted by Crippen LogP contribution is 2.16. The molecule has 2 N–H and O–H groups in total. The molecule has 1 unspecified atom stereocenters. The molecule has 0 saturated carbocycles. The maximum absolute atomic E-state index is 11.9. The highest BCUT2D eigenvalue weighted by molar-refractivity contribution is 6.06. The van der Waals surface area contributed by atoms with Crippen LogP contribution in [0.2, 0.25) is 0 Å². The Kier molecular flexibility index (Phi) is 3.23. The fourth-order valence-electron chi connectivity index (χ4n) is 1.63. The lowest BCUT2D eigenvalue weighted by Crippen LogP contribution is -2.38. The number of carbonyl (C=O) groups is 2. The van der Waals surface area contributed by atoms with Crippen molar-refractivity contribution in [2.45, 2.75) is 13.0 Å². The van der Waals surface area contributed by atoms with Crippen molar-refractivity contribution in [3.8, 4) is 0 Å². The Balaban J connectivity index is 2.36. The number of carboxylic acids is 1. The van der Waals surface area contributed by atoms with Gasteiger partial charge < -0.3 is 10.4 Å². The zero-order valence-corrected chi connectivity index (χ0v) is 9.75. The van der Waals surface area contributed by atoms with E-state index >= 15 is 0 Å². The number of fused-ring (bicyclic) bond motifs is 1. The van der Waals surface area contributed by atoms with Crippen molar-refractivity contribution in [3.05, 3.63) is 42.2 Å². The molecule has 0 fully saturated rings. The van der Waals surface area contributed by atoms with Gasteiger partial charge in [0.05, 0.1) is 0 Å². The molecule has 0 aliphatic rings. The third kappa shape index (κ3) is 2.29. The average Bonchev–Trinajstić information content (AvgIpc) is 2.37. The van der Waals surface area contributed by atoms with Gasteiger partial charge in [0, 0.05) is 11.6 Å². The minimum atomic E-state index is -1.08. The van der Waals surface area contributed by atoms with Gasteiger partial charge >= 0.3 is 5.97 Å². The smallest absolute Gasteiger partial charge is 0.325 e. The summed E-state index contributed by atoms with van der Waals surface area (Å²) in [6.07, 6.45) is 1.53. The number of hydrogen-bond acceptors (Lipinski definition) is 3. The van der Waals surface area contributed by atoms with Gasteiger partial charge in [-0.2, -0.15) is 0 Å². The van der Waals surface area contributed by atoms with Crippen LogP contribution < -0.4 is 5.32 Å². The minimum absolute atomic E-state index is 0.237.